The number of carbonyl (C=O) groups excluding carboxylic acids is 1. The molecule has 0 saturated heterocycles. The Hall–Kier alpha value is -1.32. The first-order chi connectivity index (χ1) is 11.8. The number of rotatable bonds is 2. The van der Waals surface area contributed by atoms with Gasteiger partial charge in [0, 0.05) is 16.7 Å². The van der Waals surface area contributed by atoms with Crippen LogP contribution in [0.25, 0.3) is 10.4 Å². The van der Waals surface area contributed by atoms with Gasteiger partial charge in [-0.2, -0.15) is 0 Å². The van der Waals surface area contributed by atoms with E-state index in [0.29, 0.717) is 36.4 Å². The van der Waals surface area contributed by atoms with Crippen molar-refractivity contribution in [3.63, 3.8) is 0 Å². The summed E-state index contributed by atoms with van der Waals surface area (Å²) in [7, 11) is 0. The summed E-state index contributed by atoms with van der Waals surface area (Å²) < 4.78 is 0. The lowest BCUT2D eigenvalue weighted by molar-refractivity contribution is -0.132. The minimum atomic E-state index is -0.878. The molecular formula is C20H29N3O2. The van der Waals surface area contributed by atoms with E-state index < -0.39 is 5.60 Å². The van der Waals surface area contributed by atoms with E-state index in [-0.39, 0.29) is 17.4 Å². The molecule has 5 nitrogen and oxygen atoms in total. The highest BCUT2D eigenvalue weighted by molar-refractivity contribution is 5.87. The van der Waals surface area contributed by atoms with E-state index in [4.69, 9.17) is 5.53 Å². The predicted octanol–water partition coefficient (Wildman–Crippen LogP) is 4.56. The lowest BCUT2D eigenvalue weighted by Crippen LogP contribution is -2.52. The van der Waals surface area contributed by atoms with Crippen LogP contribution in [0.3, 0.4) is 0 Å². The Balaban J connectivity index is 1.62. The van der Waals surface area contributed by atoms with Gasteiger partial charge in [0.25, 0.3) is 0 Å². The van der Waals surface area contributed by atoms with Gasteiger partial charge in [0.05, 0.1) is 12.1 Å². The van der Waals surface area contributed by atoms with Gasteiger partial charge in [-0.25, -0.2) is 0 Å². The summed E-state index contributed by atoms with van der Waals surface area (Å²) in [5, 5.41) is 14.5. The first-order valence-corrected chi connectivity index (χ1v) is 9.78. The average molecular weight is 343 g/mol. The molecular weight excluding hydrogens is 314 g/mol. The number of Topliss-reactive ketones (excluding diaryl/α,β-unsaturated/α-hetero) is 1. The zero-order valence-corrected chi connectivity index (χ0v) is 15.4. The fraction of sp³-hybridized carbons (Fsp3) is 0.850. The number of fused-ring (bicyclic) bond motifs is 5. The molecule has 1 N–H and O–H groups in total. The van der Waals surface area contributed by atoms with Gasteiger partial charge in [0.2, 0.25) is 0 Å². The van der Waals surface area contributed by atoms with Gasteiger partial charge in [-0.15, -0.1) is 0 Å². The number of carbonyl (C=O) groups is 1. The van der Waals surface area contributed by atoms with Crippen LogP contribution < -0.4 is 0 Å². The molecule has 0 radical (unpaired) electrons. The maximum Gasteiger partial charge on any atom is 0.139 e. The number of azide groups is 1. The third-order valence-corrected chi connectivity index (χ3v) is 8.39. The molecule has 136 valence electrons. The molecule has 0 heterocycles. The second-order valence-electron chi connectivity index (χ2n) is 9.47. The zero-order valence-electron chi connectivity index (χ0n) is 15.4. The van der Waals surface area contributed by atoms with E-state index in [0.717, 1.165) is 38.5 Å². The van der Waals surface area contributed by atoms with Crippen molar-refractivity contribution < 1.29 is 9.90 Å². The summed E-state index contributed by atoms with van der Waals surface area (Å²) in [4.78, 5) is 15.3. The Bertz CT molecular complexity index is 682. The SMILES string of the molecule is C[C@]12CC[C@@](O)(CN=[N+]=[N-])CC1=CC[C@@H]1[C@@H]2CC[C@]2(C)C(=O)CC[C@@H]12. The number of hydrogen-bond acceptors (Lipinski definition) is 3. The lowest BCUT2D eigenvalue weighted by Gasteiger charge is -2.58. The molecule has 4 aliphatic carbocycles. The molecule has 0 aromatic heterocycles. The van der Waals surface area contributed by atoms with E-state index >= 15 is 0 Å². The fourth-order valence-corrected chi connectivity index (χ4v) is 6.78. The number of aliphatic hydroxyl groups is 1. The molecule has 3 fully saturated rings. The van der Waals surface area contributed by atoms with Crippen LogP contribution in [0.4, 0.5) is 0 Å². The van der Waals surface area contributed by atoms with Gasteiger partial charge >= 0.3 is 0 Å². The quantitative estimate of drug-likeness (QED) is 0.345. The average Bonchev–Trinajstić information content (AvgIpc) is 2.89. The van der Waals surface area contributed by atoms with Gasteiger partial charge in [-0.3, -0.25) is 4.79 Å². The molecule has 0 bridgehead atoms. The minimum Gasteiger partial charge on any atom is -0.389 e. The molecule has 5 heteroatoms. The molecule has 0 amide bonds. The largest absolute Gasteiger partial charge is 0.389 e. The summed E-state index contributed by atoms with van der Waals surface area (Å²) in [6, 6.07) is 0. The molecule has 0 aromatic carbocycles. The summed E-state index contributed by atoms with van der Waals surface area (Å²) in [6.07, 6.45) is 9.68. The van der Waals surface area contributed by atoms with Gasteiger partial charge < -0.3 is 5.11 Å². The molecule has 0 unspecified atom stereocenters. The number of ketones is 1. The van der Waals surface area contributed by atoms with Crippen LogP contribution in [-0.2, 0) is 4.79 Å². The Labute approximate surface area is 149 Å². The normalized spacial score (nSPS) is 48.7. The Morgan fingerprint density at radius 3 is 2.76 bits per heavy atom. The van der Waals surface area contributed by atoms with Gasteiger partial charge in [-0.1, -0.05) is 30.6 Å². The molecule has 6 atom stereocenters. The lowest BCUT2D eigenvalue weighted by atomic mass is 9.47. The maximum atomic E-state index is 12.5. The maximum absolute atomic E-state index is 12.5. The molecule has 0 aliphatic heterocycles. The van der Waals surface area contributed by atoms with Crippen molar-refractivity contribution in [1.82, 2.24) is 0 Å². The van der Waals surface area contributed by atoms with Crippen LogP contribution in [0.5, 0.6) is 0 Å². The van der Waals surface area contributed by atoms with Gasteiger partial charge in [-0.05, 0) is 73.6 Å². The molecule has 4 aliphatic rings. The smallest absolute Gasteiger partial charge is 0.139 e. The minimum absolute atomic E-state index is 0.0835. The molecule has 4 rings (SSSR count). The standard InChI is InChI=1S/C20H29N3O2/c1-18-9-10-20(25,12-22-23-21)11-13(18)3-4-14-15-5-6-17(24)19(15,2)8-7-16(14)18/h3,14-16,25H,4-12H2,1-2H3/t14-,15-,16-,18-,19-,20-/m0/s1. The van der Waals surface area contributed by atoms with Gasteiger partial charge in [0.15, 0.2) is 0 Å². The van der Waals surface area contributed by atoms with Crippen molar-refractivity contribution in [3.8, 4) is 0 Å². The highest BCUT2D eigenvalue weighted by Gasteiger charge is 2.59. The third-order valence-electron chi connectivity index (χ3n) is 8.39. The van der Waals surface area contributed by atoms with Crippen molar-refractivity contribution in [1.29, 1.82) is 0 Å². The van der Waals surface area contributed by atoms with E-state index in [2.05, 4.69) is 29.9 Å². The topological polar surface area (TPSA) is 86.1 Å². The second-order valence-corrected chi connectivity index (χ2v) is 9.47. The highest BCUT2D eigenvalue weighted by Crippen LogP contribution is 2.64. The molecule has 0 aromatic rings. The number of nitrogens with zero attached hydrogens (tertiary/aromatic N) is 3. The summed E-state index contributed by atoms with van der Waals surface area (Å²) >= 11 is 0. The Morgan fingerprint density at radius 1 is 1.24 bits per heavy atom. The van der Waals surface area contributed by atoms with Crippen LogP contribution in [0, 0.1) is 28.6 Å². The Morgan fingerprint density at radius 2 is 2.00 bits per heavy atom. The molecule has 3 saturated carbocycles. The van der Waals surface area contributed by atoms with Crippen LogP contribution in [-0.4, -0.2) is 23.0 Å². The van der Waals surface area contributed by atoms with Crippen LogP contribution in [0.15, 0.2) is 16.8 Å². The van der Waals surface area contributed by atoms with Crippen LogP contribution >= 0.6 is 0 Å². The molecule has 0 spiro atoms. The number of allylic oxidation sites excluding steroid dienone is 1. The zero-order chi connectivity index (χ0) is 17.9. The summed E-state index contributed by atoms with van der Waals surface area (Å²) in [5.74, 6) is 2.27. The van der Waals surface area contributed by atoms with Crippen molar-refractivity contribution in [2.45, 2.75) is 70.8 Å². The summed E-state index contributed by atoms with van der Waals surface area (Å²) in [6.45, 7) is 4.76. The van der Waals surface area contributed by atoms with Crippen LogP contribution in [0.2, 0.25) is 0 Å². The second kappa shape index (κ2) is 5.59. The van der Waals surface area contributed by atoms with Crippen LogP contribution in [0.1, 0.15) is 65.2 Å². The number of hydrogen-bond donors (Lipinski definition) is 1. The Kier molecular flexibility index (Phi) is 3.82. The van der Waals surface area contributed by atoms with E-state index in [1.54, 1.807) is 0 Å². The van der Waals surface area contributed by atoms with Crippen molar-refractivity contribution in [3.05, 3.63) is 22.1 Å². The van der Waals surface area contributed by atoms with Crippen molar-refractivity contribution in [2.75, 3.05) is 6.54 Å². The summed E-state index contributed by atoms with van der Waals surface area (Å²) in [5.41, 5.74) is 9.13. The van der Waals surface area contributed by atoms with Crippen molar-refractivity contribution in [2.24, 2.45) is 33.7 Å². The van der Waals surface area contributed by atoms with Crippen molar-refractivity contribution >= 4 is 5.78 Å². The predicted molar refractivity (Wildman–Crippen MR) is 95.7 cm³/mol. The first-order valence-electron chi connectivity index (χ1n) is 9.78. The molecule has 25 heavy (non-hydrogen) atoms. The highest BCUT2D eigenvalue weighted by atomic mass is 16.3. The fourth-order valence-electron chi connectivity index (χ4n) is 6.78. The van der Waals surface area contributed by atoms with E-state index in [1.165, 1.54) is 5.57 Å². The van der Waals surface area contributed by atoms with E-state index in [1.807, 2.05) is 0 Å². The van der Waals surface area contributed by atoms with Gasteiger partial charge in [0.1, 0.15) is 5.78 Å². The monoisotopic (exact) mass is 343 g/mol. The third kappa shape index (κ3) is 2.39. The first kappa shape index (κ1) is 17.1. The van der Waals surface area contributed by atoms with E-state index in [9.17, 15) is 9.90 Å².